The Morgan fingerprint density at radius 1 is 1.29 bits per heavy atom. The Kier molecular flexibility index (Phi) is 3.01. The molecule has 0 aromatic carbocycles. The lowest BCUT2D eigenvalue weighted by molar-refractivity contribution is 0.203. The van der Waals surface area contributed by atoms with Gasteiger partial charge in [0.1, 0.15) is 0 Å². The predicted octanol–water partition coefficient (Wildman–Crippen LogP) is 1.27. The van der Waals surface area contributed by atoms with Gasteiger partial charge in [0.05, 0.1) is 0 Å². The van der Waals surface area contributed by atoms with E-state index in [1.807, 2.05) is 6.92 Å². The van der Waals surface area contributed by atoms with Gasteiger partial charge in [0, 0.05) is 6.61 Å². The summed E-state index contributed by atoms with van der Waals surface area (Å²) in [5.41, 5.74) is 0. The largest absolute Gasteiger partial charge is 0.396 e. The zero-order valence-corrected chi connectivity index (χ0v) is 5.31. The lowest BCUT2D eigenvalue weighted by Crippen LogP contribution is -2.07. The third kappa shape index (κ3) is 2.63. The minimum absolute atomic E-state index is 0.317. The van der Waals surface area contributed by atoms with Crippen molar-refractivity contribution in [1.29, 1.82) is 0 Å². The molecule has 0 aromatic heterocycles. The second kappa shape index (κ2) is 3.03. The summed E-state index contributed by atoms with van der Waals surface area (Å²) < 4.78 is 0. The first-order valence-electron chi connectivity index (χ1n) is 2.79. The van der Waals surface area contributed by atoms with Crippen molar-refractivity contribution < 1.29 is 5.11 Å². The molecule has 0 saturated heterocycles. The minimum atomic E-state index is 0.317. The Hall–Kier alpha value is -0.0400. The van der Waals surface area contributed by atoms with E-state index in [-0.39, 0.29) is 0 Å². The molecule has 1 atom stereocenters. The Balaban J connectivity index is 3.14. The van der Waals surface area contributed by atoms with Crippen LogP contribution < -0.4 is 0 Å². The van der Waals surface area contributed by atoms with E-state index < -0.39 is 0 Å². The fourth-order valence-corrected chi connectivity index (χ4v) is 0.211. The summed E-state index contributed by atoms with van der Waals surface area (Å²) in [4.78, 5) is 0. The van der Waals surface area contributed by atoms with Crippen LogP contribution in [-0.4, -0.2) is 11.7 Å². The number of hydrogen-bond acceptors (Lipinski definition) is 1. The molecule has 0 aliphatic heterocycles. The topological polar surface area (TPSA) is 20.2 Å². The molecule has 0 aromatic rings. The number of aliphatic hydroxyl groups is 1. The van der Waals surface area contributed by atoms with Gasteiger partial charge in [0.2, 0.25) is 0 Å². The minimum Gasteiger partial charge on any atom is -0.396 e. The van der Waals surface area contributed by atoms with E-state index in [0.29, 0.717) is 18.4 Å². The molecule has 0 amide bonds. The molecule has 0 saturated carbocycles. The highest BCUT2D eigenvalue weighted by atomic mass is 16.3. The van der Waals surface area contributed by atoms with Crippen LogP contribution in [0.4, 0.5) is 0 Å². The highest BCUT2D eigenvalue weighted by Crippen LogP contribution is 2.06. The Morgan fingerprint density at radius 2 is 1.71 bits per heavy atom. The summed E-state index contributed by atoms with van der Waals surface area (Å²) in [5.74, 6) is 1.07. The summed E-state index contributed by atoms with van der Waals surface area (Å²) in [6.07, 6.45) is 0. The van der Waals surface area contributed by atoms with Crippen LogP contribution in [0.3, 0.4) is 0 Å². The molecule has 0 aliphatic carbocycles. The molecule has 1 heteroatoms. The maximum atomic E-state index is 8.51. The number of aliphatic hydroxyl groups excluding tert-OH is 1. The van der Waals surface area contributed by atoms with Crippen molar-refractivity contribution in [3.8, 4) is 0 Å². The fourth-order valence-electron chi connectivity index (χ4n) is 0.211. The summed E-state index contributed by atoms with van der Waals surface area (Å²) in [7, 11) is 0. The predicted molar refractivity (Wildman–Crippen MR) is 31.1 cm³/mol. The fraction of sp³-hybridized carbons (Fsp3) is 1.00. The molecule has 44 valence electrons. The molecule has 0 spiro atoms. The first-order chi connectivity index (χ1) is 3.18. The van der Waals surface area contributed by atoms with Crippen molar-refractivity contribution >= 4 is 0 Å². The molecule has 0 heterocycles. The monoisotopic (exact) mass is 102 g/mol. The zero-order chi connectivity index (χ0) is 5.86. The SMILES string of the molecule is CC(C)[C@@H](C)CO. The lowest BCUT2D eigenvalue weighted by Gasteiger charge is -2.09. The van der Waals surface area contributed by atoms with Crippen LogP contribution >= 0.6 is 0 Å². The molecule has 0 fully saturated rings. The molecule has 1 nitrogen and oxygen atoms in total. The third-order valence-electron chi connectivity index (χ3n) is 1.43. The Labute approximate surface area is 45.4 Å². The molecule has 7 heavy (non-hydrogen) atoms. The van der Waals surface area contributed by atoms with Gasteiger partial charge in [0.25, 0.3) is 0 Å². The standard InChI is InChI=1S/C6H14O/c1-5(2)6(3)4-7/h5-7H,4H2,1-3H3/t6-/m0/s1. The van der Waals surface area contributed by atoms with Crippen molar-refractivity contribution in [3.63, 3.8) is 0 Å². The highest BCUT2D eigenvalue weighted by molar-refractivity contribution is 4.52. The van der Waals surface area contributed by atoms with E-state index >= 15 is 0 Å². The zero-order valence-electron chi connectivity index (χ0n) is 5.31. The normalized spacial score (nSPS) is 15.0. The van der Waals surface area contributed by atoms with Gasteiger partial charge in [-0.15, -0.1) is 0 Å². The van der Waals surface area contributed by atoms with Crippen LogP contribution in [0.15, 0.2) is 0 Å². The van der Waals surface area contributed by atoms with Crippen molar-refractivity contribution in [2.45, 2.75) is 20.8 Å². The van der Waals surface area contributed by atoms with Gasteiger partial charge in [-0.2, -0.15) is 0 Å². The molecule has 0 aliphatic rings. The van der Waals surface area contributed by atoms with Crippen LogP contribution in [0.2, 0.25) is 0 Å². The van der Waals surface area contributed by atoms with Crippen LogP contribution in [0, 0.1) is 11.8 Å². The van der Waals surface area contributed by atoms with E-state index in [9.17, 15) is 0 Å². The van der Waals surface area contributed by atoms with Gasteiger partial charge in [-0.25, -0.2) is 0 Å². The van der Waals surface area contributed by atoms with E-state index in [1.54, 1.807) is 0 Å². The average molecular weight is 102 g/mol. The summed E-state index contributed by atoms with van der Waals surface area (Å²) in [5, 5.41) is 8.51. The summed E-state index contributed by atoms with van der Waals surface area (Å²) in [6, 6.07) is 0. The highest BCUT2D eigenvalue weighted by Gasteiger charge is 2.02. The van der Waals surface area contributed by atoms with Gasteiger partial charge in [-0.05, 0) is 11.8 Å². The number of rotatable bonds is 2. The quantitative estimate of drug-likeness (QED) is 0.556. The van der Waals surface area contributed by atoms with Crippen LogP contribution in [0.25, 0.3) is 0 Å². The van der Waals surface area contributed by atoms with Crippen LogP contribution in [0.5, 0.6) is 0 Å². The Morgan fingerprint density at radius 3 is 1.71 bits per heavy atom. The third-order valence-corrected chi connectivity index (χ3v) is 1.43. The average Bonchev–Trinajstić information content (AvgIpc) is 1.65. The van der Waals surface area contributed by atoms with Crippen molar-refractivity contribution in [2.24, 2.45) is 11.8 Å². The molecule has 0 bridgehead atoms. The summed E-state index contributed by atoms with van der Waals surface area (Å²) in [6.45, 7) is 6.59. The molecule has 0 rings (SSSR count). The van der Waals surface area contributed by atoms with Crippen molar-refractivity contribution in [1.82, 2.24) is 0 Å². The van der Waals surface area contributed by atoms with E-state index in [0.717, 1.165) is 0 Å². The van der Waals surface area contributed by atoms with E-state index in [4.69, 9.17) is 5.11 Å². The van der Waals surface area contributed by atoms with Crippen molar-refractivity contribution in [2.75, 3.05) is 6.61 Å². The van der Waals surface area contributed by atoms with Gasteiger partial charge >= 0.3 is 0 Å². The summed E-state index contributed by atoms with van der Waals surface area (Å²) >= 11 is 0. The molecular formula is C6H14O. The van der Waals surface area contributed by atoms with E-state index in [2.05, 4.69) is 13.8 Å². The smallest absolute Gasteiger partial charge is 0.0459 e. The van der Waals surface area contributed by atoms with E-state index in [1.165, 1.54) is 0 Å². The molecule has 1 N–H and O–H groups in total. The van der Waals surface area contributed by atoms with Crippen molar-refractivity contribution in [3.05, 3.63) is 0 Å². The molecular weight excluding hydrogens is 88.1 g/mol. The maximum absolute atomic E-state index is 8.51. The lowest BCUT2D eigenvalue weighted by atomic mass is 10.00. The second-order valence-corrected chi connectivity index (χ2v) is 2.40. The first kappa shape index (κ1) is 6.96. The molecule has 0 unspecified atom stereocenters. The van der Waals surface area contributed by atoms with Crippen LogP contribution in [0.1, 0.15) is 20.8 Å². The molecule has 0 radical (unpaired) electrons. The van der Waals surface area contributed by atoms with Gasteiger partial charge < -0.3 is 5.11 Å². The van der Waals surface area contributed by atoms with Gasteiger partial charge in [-0.3, -0.25) is 0 Å². The van der Waals surface area contributed by atoms with Gasteiger partial charge in [0.15, 0.2) is 0 Å². The Bertz CT molecular complexity index is 41.4. The number of hydrogen-bond donors (Lipinski definition) is 1. The maximum Gasteiger partial charge on any atom is 0.0459 e. The van der Waals surface area contributed by atoms with Gasteiger partial charge in [-0.1, -0.05) is 20.8 Å². The first-order valence-corrected chi connectivity index (χ1v) is 2.79. The van der Waals surface area contributed by atoms with Crippen LogP contribution in [-0.2, 0) is 0 Å². The second-order valence-electron chi connectivity index (χ2n) is 2.40.